The minimum absolute atomic E-state index is 0. The summed E-state index contributed by atoms with van der Waals surface area (Å²) in [4.78, 5) is 28.2. The van der Waals surface area contributed by atoms with Crippen LogP contribution in [0, 0.1) is 0 Å². The second-order valence-electron chi connectivity index (χ2n) is 7.73. The number of pyridine rings is 1. The lowest BCUT2D eigenvalue weighted by molar-refractivity contribution is -0.120. The molecule has 0 aliphatic carbocycles. The van der Waals surface area contributed by atoms with Crippen LogP contribution < -0.4 is 15.1 Å². The van der Waals surface area contributed by atoms with E-state index in [-0.39, 0.29) is 29.9 Å². The van der Waals surface area contributed by atoms with Gasteiger partial charge < -0.3 is 20.0 Å². The lowest BCUT2D eigenvalue weighted by atomic mass is 10.2. The maximum absolute atomic E-state index is 12.7. The fourth-order valence-electron chi connectivity index (χ4n) is 3.94. The van der Waals surface area contributed by atoms with Gasteiger partial charge in [0.1, 0.15) is 12.4 Å². The number of piperazine rings is 1. The van der Waals surface area contributed by atoms with Gasteiger partial charge in [-0.15, -0.1) is 24.0 Å². The van der Waals surface area contributed by atoms with Crippen LogP contribution in [-0.2, 0) is 18.4 Å². The molecule has 0 aromatic carbocycles. The molecular formula is C21H31IN8O. The number of amides is 1. The molecule has 1 N–H and O–H groups in total. The molecule has 2 aliphatic heterocycles. The molecule has 0 atom stereocenters. The van der Waals surface area contributed by atoms with Gasteiger partial charge in [-0.25, -0.2) is 9.98 Å². The number of halogens is 1. The fraction of sp³-hybridized carbons (Fsp3) is 0.524. The maximum atomic E-state index is 12.7. The summed E-state index contributed by atoms with van der Waals surface area (Å²) >= 11 is 0. The maximum Gasteiger partial charge on any atom is 0.246 e. The average Bonchev–Trinajstić information content (AvgIpc) is 3.43. The van der Waals surface area contributed by atoms with Gasteiger partial charge in [-0.05, 0) is 37.5 Å². The van der Waals surface area contributed by atoms with Crippen molar-refractivity contribution >= 4 is 47.3 Å². The van der Waals surface area contributed by atoms with Crippen molar-refractivity contribution in [2.75, 3.05) is 49.1 Å². The summed E-state index contributed by atoms with van der Waals surface area (Å²) in [5.41, 5.74) is 1.97. The molecule has 4 rings (SSSR count). The highest BCUT2D eigenvalue weighted by atomic mass is 127. The smallest absolute Gasteiger partial charge is 0.246 e. The van der Waals surface area contributed by atoms with Crippen LogP contribution in [0.3, 0.4) is 0 Å². The number of guanidine groups is 1. The number of rotatable bonds is 5. The number of aryl methyl sites for hydroxylation is 1. The van der Waals surface area contributed by atoms with Crippen LogP contribution in [0.1, 0.15) is 25.3 Å². The molecule has 0 radical (unpaired) electrons. The Kier molecular flexibility index (Phi) is 8.10. The summed E-state index contributed by atoms with van der Waals surface area (Å²) in [6.45, 7) is 7.15. The molecule has 0 bridgehead atoms. The van der Waals surface area contributed by atoms with E-state index in [1.807, 2.05) is 37.3 Å². The van der Waals surface area contributed by atoms with Gasteiger partial charge >= 0.3 is 0 Å². The summed E-state index contributed by atoms with van der Waals surface area (Å²) in [6.07, 6.45) is 7.92. The minimum Gasteiger partial charge on any atom is -0.357 e. The molecule has 2 aliphatic rings. The fourth-order valence-corrected chi connectivity index (χ4v) is 3.94. The van der Waals surface area contributed by atoms with Gasteiger partial charge in [0.25, 0.3) is 0 Å². The van der Waals surface area contributed by atoms with Crippen LogP contribution >= 0.6 is 24.0 Å². The molecule has 2 aromatic heterocycles. The highest BCUT2D eigenvalue weighted by Crippen LogP contribution is 2.19. The van der Waals surface area contributed by atoms with Crippen molar-refractivity contribution in [1.29, 1.82) is 0 Å². The Hall–Kier alpha value is -2.37. The van der Waals surface area contributed by atoms with E-state index in [4.69, 9.17) is 4.99 Å². The topological polar surface area (TPSA) is 81.9 Å². The monoisotopic (exact) mass is 538 g/mol. The van der Waals surface area contributed by atoms with E-state index in [1.165, 1.54) is 12.8 Å². The molecule has 31 heavy (non-hydrogen) atoms. The van der Waals surface area contributed by atoms with Crippen molar-refractivity contribution in [2.45, 2.75) is 26.3 Å². The average molecular weight is 538 g/mol. The van der Waals surface area contributed by atoms with Crippen molar-refractivity contribution in [2.24, 2.45) is 12.0 Å². The van der Waals surface area contributed by atoms with Crippen molar-refractivity contribution < 1.29 is 4.79 Å². The van der Waals surface area contributed by atoms with E-state index in [2.05, 4.69) is 26.4 Å². The van der Waals surface area contributed by atoms with Crippen molar-refractivity contribution in [3.63, 3.8) is 0 Å². The SMILES string of the molecule is CCNC(=NCc1ccnc(N2CCCC2)c1)N1CCN(c2cnn(C)c2)C(=O)C1.I. The Bertz CT molecular complexity index is 908. The van der Waals surface area contributed by atoms with E-state index < -0.39 is 0 Å². The van der Waals surface area contributed by atoms with E-state index in [0.717, 1.165) is 49.2 Å². The first-order valence-corrected chi connectivity index (χ1v) is 10.7. The van der Waals surface area contributed by atoms with E-state index in [1.54, 1.807) is 15.8 Å². The number of carbonyl (C=O) groups excluding carboxylic acids is 1. The molecule has 9 nitrogen and oxygen atoms in total. The predicted molar refractivity (Wildman–Crippen MR) is 133 cm³/mol. The lowest BCUT2D eigenvalue weighted by Crippen LogP contribution is -2.55. The van der Waals surface area contributed by atoms with Gasteiger partial charge in [-0.2, -0.15) is 5.10 Å². The first-order valence-electron chi connectivity index (χ1n) is 10.7. The van der Waals surface area contributed by atoms with Gasteiger partial charge in [0.2, 0.25) is 5.91 Å². The third kappa shape index (κ3) is 5.66. The zero-order valence-corrected chi connectivity index (χ0v) is 20.5. The third-order valence-corrected chi connectivity index (χ3v) is 5.51. The molecule has 10 heteroatoms. The second kappa shape index (κ2) is 10.8. The van der Waals surface area contributed by atoms with E-state index in [9.17, 15) is 4.79 Å². The normalized spacial score (nSPS) is 17.2. The Morgan fingerprint density at radius 3 is 2.71 bits per heavy atom. The summed E-state index contributed by atoms with van der Waals surface area (Å²) in [5, 5.41) is 7.51. The molecule has 2 fully saturated rings. The Morgan fingerprint density at radius 1 is 1.23 bits per heavy atom. The van der Waals surface area contributed by atoms with Gasteiger partial charge in [0.05, 0.1) is 18.4 Å². The van der Waals surface area contributed by atoms with Gasteiger partial charge in [-0.3, -0.25) is 9.48 Å². The summed E-state index contributed by atoms with van der Waals surface area (Å²) in [7, 11) is 1.86. The Balaban J connectivity index is 0.00000272. The van der Waals surface area contributed by atoms with Crippen LogP contribution in [0.5, 0.6) is 0 Å². The first-order chi connectivity index (χ1) is 14.6. The largest absolute Gasteiger partial charge is 0.357 e. The molecule has 0 unspecified atom stereocenters. The van der Waals surface area contributed by atoms with Crippen LogP contribution in [0.4, 0.5) is 11.5 Å². The Morgan fingerprint density at radius 2 is 2.03 bits per heavy atom. The number of hydrogen-bond acceptors (Lipinski definition) is 5. The third-order valence-electron chi connectivity index (χ3n) is 5.51. The molecule has 2 aromatic rings. The molecular weight excluding hydrogens is 507 g/mol. The summed E-state index contributed by atoms with van der Waals surface area (Å²) in [6, 6.07) is 4.14. The van der Waals surface area contributed by atoms with Crippen LogP contribution in [0.25, 0.3) is 0 Å². The molecule has 2 saturated heterocycles. The van der Waals surface area contributed by atoms with Crippen molar-refractivity contribution in [3.05, 3.63) is 36.3 Å². The lowest BCUT2D eigenvalue weighted by Gasteiger charge is -2.35. The number of aliphatic imine (C=N–C) groups is 1. The van der Waals surface area contributed by atoms with Gasteiger partial charge in [0.15, 0.2) is 5.96 Å². The van der Waals surface area contributed by atoms with Crippen molar-refractivity contribution in [3.8, 4) is 0 Å². The van der Waals surface area contributed by atoms with Crippen LogP contribution in [0.2, 0.25) is 0 Å². The van der Waals surface area contributed by atoms with Crippen LogP contribution in [0.15, 0.2) is 35.7 Å². The molecule has 0 spiro atoms. The zero-order chi connectivity index (χ0) is 20.9. The van der Waals surface area contributed by atoms with E-state index >= 15 is 0 Å². The van der Waals surface area contributed by atoms with Crippen LogP contribution in [-0.4, -0.2) is 70.8 Å². The van der Waals surface area contributed by atoms with Crippen molar-refractivity contribution in [1.82, 2.24) is 25.0 Å². The standard InChI is InChI=1S/C21H30N8O.HI/c1-3-22-21(24-13-17-6-7-23-19(12-17)27-8-4-5-9-27)28-10-11-29(20(30)16-28)18-14-25-26(2)15-18;/h6-7,12,14-15H,3-5,8-11,13,16H2,1-2H3,(H,22,24);1H. The number of hydrogen-bond donors (Lipinski definition) is 1. The highest BCUT2D eigenvalue weighted by Gasteiger charge is 2.27. The number of aromatic nitrogens is 3. The highest BCUT2D eigenvalue weighted by molar-refractivity contribution is 14.0. The summed E-state index contributed by atoms with van der Waals surface area (Å²) < 4.78 is 1.71. The number of anilines is 2. The van der Waals surface area contributed by atoms with E-state index in [0.29, 0.717) is 19.6 Å². The molecule has 168 valence electrons. The quantitative estimate of drug-likeness (QED) is 0.356. The minimum atomic E-state index is 0. The Labute approximate surface area is 200 Å². The zero-order valence-electron chi connectivity index (χ0n) is 18.2. The second-order valence-corrected chi connectivity index (χ2v) is 7.73. The molecule has 4 heterocycles. The number of nitrogens with one attached hydrogen (secondary N) is 1. The molecule has 1 amide bonds. The van der Waals surface area contributed by atoms with Gasteiger partial charge in [0, 0.05) is 52.2 Å². The number of carbonyl (C=O) groups is 1. The molecule has 0 saturated carbocycles. The number of nitrogens with zero attached hydrogens (tertiary/aromatic N) is 7. The van der Waals surface area contributed by atoms with Gasteiger partial charge in [-0.1, -0.05) is 0 Å². The first kappa shape index (κ1) is 23.3. The summed E-state index contributed by atoms with van der Waals surface area (Å²) in [5.74, 6) is 1.86. The predicted octanol–water partition coefficient (Wildman–Crippen LogP) is 1.85.